The van der Waals surface area contributed by atoms with Crippen LogP contribution in [0.25, 0.3) is 0 Å². The maximum absolute atomic E-state index is 9.38. The van der Waals surface area contributed by atoms with Crippen LogP contribution in [0.3, 0.4) is 0 Å². The summed E-state index contributed by atoms with van der Waals surface area (Å²) in [4.78, 5) is 2.57. The molecular formula is C18H27NO. The molecule has 0 radical (unpaired) electrons. The third kappa shape index (κ3) is 3.07. The minimum Gasteiger partial charge on any atom is -0.395 e. The Morgan fingerprint density at radius 3 is 2.65 bits per heavy atom. The van der Waals surface area contributed by atoms with Gasteiger partial charge in [-0.05, 0) is 49.1 Å². The third-order valence-corrected chi connectivity index (χ3v) is 5.18. The smallest absolute Gasteiger partial charge is 0.0558 e. The van der Waals surface area contributed by atoms with Crippen LogP contribution in [-0.2, 0) is 6.42 Å². The lowest BCUT2D eigenvalue weighted by atomic mass is 9.82. The summed E-state index contributed by atoms with van der Waals surface area (Å²) >= 11 is 0. The molecule has 2 aliphatic carbocycles. The van der Waals surface area contributed by atoms with Gasteiger partial charge in [-0.25, -0.2) is 0 Å². The molecule has 2 nitrogen and oxygen atoms in total. The Balaban J connectivity index is 1.72. The number of rotatable bonds is 5. The molecule has 0 amide bonds. The Hall–Kier alpha value is -0.860. The van der Waals surface area contributed by atoms with Crippen LogP contribution < -0.4 is 0 Å². The first-order valence-electron chi connectivity index (χ1n) is 8.31. The quantitative estimate of drug-likeness (QED) is 0.889. The highest BCUT2D eigenvalue weighted by Gasteiger charge is 2.27. The number of aliphatic hydroxyl groups is 1. The van der Waals surface area contributed by atoms with E-state index in [0.717, 1.165) is 19.1 Å². The normalized spacial score (nSPS) is 23.2. The number of hydrogen-bond acceptors (Lipinski definition) is 2. The fraction of sp³-hybridized carbons (Fsp3) is 0.667. The van der Waals surface area contributed by atoms with Crippen molar-refractivity contribution in [1.82, 2.24) is 4.90 Å². The van der Waals surface area contributed by atoms with Crippen molar-refractivity contribution in [3.05, 3.63) is 35.4 Å². The largest absolute Gasteiger partial charge is 0.395 e. The summed E-state index contributed by atoms with van der Waals surface area (Å²) in [7, 11) is 0. The van der Waals surface area contributed by atoms with Gasteiger partial charge in [0, 0.05) is 19.1 Å². The molecule has 1 N–H and O–H groups in total. The Kier molecular flexibility index (Phi) is 4.74. The van der Waals surface area contributed by atoms with E-state index in [9.17, 15) is 5.11 Å². The number of aliphatic hydroxyl groups excluding tert-OH is 1. The average molecular weight is 273 g/mol. The summed E-state index contributed by atoms with van der Waals surface area (Å²) in [6.07, 6.45) is 9.27. The van der Waals surface area contributed by atoms with Gasteiger partial charge < -0.3 is 5.11 Å². The second kappa shape index (κ2) is 6.73. The van der Waals surface area contributed by atoms with E-state index in [1.807, 2.05) is 0 Å². The van der Waals surface area contributed by atoms with Gasteiger partial charge in [0.1, 0.15) is 0 Å². The summed E-state index contributed by atoms with van der Waals surface area (Å²) < 4.78 is 0. The molecule has 0 aliphatic heterocycles. The molecule has 2 heteroatoms. The van der Waals surface area contributed by atoms with Crippen molar-refractivity contribution in [2.24, 2.45) is 0 Å². The van der Waals surface area contributed by atoms with Gasteiger partial charge in [-0.3, -0.25) is 4.90 Å². The van der Waals surface area contributed by atoms with Crippen molar-refractivity contribution in [3.8, 4) is 0 Å². The summed E-state index contributed by atoms with van der Waals surface area (Å²) in [5.74, 6) is 0.673. The Bertz CT molecular complexity index is 425. The number of nitrogens with zero attached hydrogens (tertiary/aromatic N) is 1. The molecule has 1 fully saturated rings. The lowest BCUT2D eigenvalue weighted by Crippen LogP contribution is -2.39. The topological polar surface area (TPSA) is 23.5 Å². The van der Waals surface area contributed by atoms with Crippen LogP contribution in [0.4, 0.5) is 0 Å². The zero-order valence-electron chi connectivity index (χ0n) is 12.4. The van der Waals surface area contributed by atoms with Crippen molar-refractivity contribution in [2.75, 3.05) is 19.7 Å². The van der Waals surface area contributed by atoms with Crippen LogP contribution in [0.2, 0.25) is 0 Å². The monoisotopic (exact) mass is 273 g/mol. The Morgan fingerprint density at radius 2 is 1.85 bits per heavy atom. The highest BCUT2D eigenvalue weighted by Crippen LogP contribution is 2.34. The van der Waals surface area contributed by atoms with E-state index in [1.165, 1.54) is 44.9 Å². The fourth-order valence-corrected chi connectivity index (χ4v) is 4.15. The molecule has 20 heavy (non-hydrogen) atoms. The average Bonchev–Trinajstić information content (AvgIpc) is 3.01. The van der Waals surface area contributed by atoms with E-state index in [0.29, 0.717) is 12.5 Å². The van der Waals surface area contributed by atoms with Gasteiger partial charge in [-0.15, -0.1) is 0 Å². The predicted molar refractivity (Wildman–Crippen MR) is 83.0 cm³/mol. The predicted octanol–water partition coefficient (Wildman–Crippen LogP) is 3.34. The van der Waals surface area contributed by atoms with Crippen LogP contribution in [0.5, 0.6) is 0 Å². The summed E-state index contributed by atoms with van der Waals surface area (Å²) in [6.45, 7) is 2.29. The van der Waals surface area contributed by atoms with E-state index in [2.05, 4.69) is 29.2 Å². The molecule has 1 saturated carbocycles. The number of aryl methyl sites for hydroxylation is 1. The second-order valence-electron chi connectivity index (χ2n) is 6.44. The zero-order valence-corrected chi connectivity index (χ0v) is 12.4. The summed E-state index contributed by atoms with van der Waals surface area (Å²) in [6, 6.07) is 9.70. The molecule has 0 spiro atoms. The number of fused-ring (bicyclic) bond motifs is 1. The van der Waals surface area contributed by atoms with Crippen LogP contribution in [0.1, 0.15) is 55.6 Å². The minimum absolute atomic E-state index is 0.296. The number of benzene rings is 1. The minimum atomic E-state index is 0.296. The van der Waals surface area contributed by atoms with Gasteiger partial charge in [-0.2, -0.15) is 0 Å². The lowest BCUT2D eigenvalue weighted by molar-refractivity contribution is 0.140. The van der Waals surface area contributed by atoms with Crippen LogP contribution in [-0.4, -0.2) is 35.7 Å². The molecule has 2 aliphatic rings. The first kappa shape index (κ1) is 14.1. The molecule has 0 bridgehead atoms. The van der Waals surface area contributed by atoms with Gasteiger partial charge in [-0.1, -0.05) is 37.1 Å². The Labute approximate surface area is 122 Å². The SMILES string of the molecule is OCCN(CC1CCCc2ccccc21)C1CCCC1. The van der Waals surface area contributed by atoms with Crippen molar-refractivity contribution in [2.45, 2.75) is 56.9 Å². The maximum atomic E-state index is 9.38. The highest BCUT2D eigenvalue weighted by atomic mass is 16.3. The molecule has 110 valence electrons. The van der Waals surface area contributed by atoms with E-state index in [1.54, 1.807) is 11.1 Å². The van der Waals surface area contributed by atoms with Crippen LogP contribution in [0.15, 0.2) is 24.3 Å². The van der Waals surface area contributed by atoms with Gasteiger partial charge in [0.15, 0.2) is 0 Å². The van der Waals surface area contributed by atoms with Gasteiger partial charge in [0.05, 0.1) is 6.61 Å². The van der Waals surface area contributed by atoms with E-state index in [4.69, 9.17) is 0 Å². The molecule has 1 aromatic rings. The lowest BCUT2D eigenvalue weighted by Gasteiger charge is -2.34. The van der Waals surface area contributed by atoms with E-state index in [-0.39, 0.29) is 0 Å². The fourth-order valence-electron chi connectivity index (χ4n) is 4.15. The molecular weight excluding hydrogens is 246 g/mol. The first-order chi connectivity index (χ1) is 9.88. The standard InChI is InChI=1S/C18H27NO/c20-13-12-19(17-9-2-3-10-17)14-16-8-5-7-15-6-1-4-11-18(15)16/h1,4,6,11,16-17,20H,2-3,5,7-10,12-14H2. The summed E-state index contributed by atoms with van der Waals surface area (Å²) in [5.41, 5.74) is 3.12. The third-order valence-electron chi connectivity index (χ3n) is 5.18. The van der Waals surface area contributed by atoms with Gasteiger partial charge in [0.25, 0.3) is 0 Å². The van der Waals surface area contributed by atoms with Crippen molar-refractivity contribution < 1.29 is 5.11 Å². The molecule has 3 rings (SSSR count). The molecule has 1 aromatic carbocycles. The second-order valence-corrected chi connectivity index (χ2v) is 6.44. The van der Waals surface area contributed by atoms with Crippen molar-refractivity contribution in [3.63, 3.8) is 0 Å². The Morgan fingerprint density at radius 1 is 1.05 bits per heavy atom. The summed E-state index contributed by atoms with van der Waals surface area (Å²) in [5, 5.41) is 9.38. The van der Waals surface area contributed by atoms with Gasteiger partial charge >= 0.3 is 0 Å². The van der Waals surface area contributed by atoms with E-state index >= 15 is 0 Å². The molecule has 1 atom stereocenters. The molecule has 0 aromatic heterocycles. The first-order valence-corrected chi connectivity index (χ1v) is 8.31. The highest BCUT2D eigenvalue weighted by molar-refractivity contribution is 5.32. The van der Waals surface area contributed by atoms with Crippen LogP contribution >= 0.6 is 0 Å². The van der Waals surface area contributed by atoms with E-state index < -0.39 is 0 Å². The van der Waals surface area contributed by atoms with Gasteiger partial charge in [0.2, 0.25) is 0 Å². The van der Waals surface area contributed by atoms with Crippen LogP contribution in [0, 0.1) is 0 Å². The van der Waals surface area contributed by atoms with Crippen molar-refractivity contribution in [1.29, 1.82) is 0 Å². The molecule has 0 heterocycles. The molecule has 1 unspecified atom stereocenters. The number of hydrogen-bond donors (Lipinski definition) is 1. The zero-order chi connectivity index (χ0) is 13.8. The van der Waals surface area contributed by atoms with Crippen molar-refractivity contribution >= 4 is 0 Å². The molecule has 0 saturated heterocycles. The maximum Gasteiger partial charge on any atom is 0.0558 e.